The molecule has 2 aliphatic heterocycles. The van der Waals surface area contributed by atoms with Crippen molar-refractivity contribution >= 4 is 6.03 Å². The molecule has 8 heteroatoms. The van der Waals surface area contributed by atoms with Crippen LogP contribution in [0.2, 0.25) is 0 Å². The predicted molar refractivity (Wildman–Crippen MR) is 157 cm³/mol. The van der Waals surface area contributed by atoms with Gasteiger partial charge in [-0.25, -0.2) is 4.79 Å². The van der Waals surface area contributed by atoms with Crippen molar-refractivity contribution < 1.29 is 24.5 Å². The van der Waals surface area contributed by atoms with Crippen molar-refractivity contribution in [3.8, 4) is 0 Å². The van der Waals surface area contributed by atoms with Gasteiger partial charge in [-0.15, -0.1) is 0 Å². The third kappa shape index (κ3) is 7.52. The summed E-state index contributed by atoms with van der Waals surface area (Å²) in [5.74, 6) is 0.0871. The van der Waals surface area contributed by atoms with Crippen molar-refractivity contribution in [2.45, 2.75) is 64.0 Å². The van der Waals surface area contributed by atoms with Crippen molar-refractivity contribution in [2.75, 3.05) is 19.7 Å². The third-order valence-corrected chi connectivity index (χ3v) is 8.25. The molecule has 3 aromatic rings. The number of hydrogen-bond acceptors (Lipinski definition) is 6. The molecule has 41 heavy (non-hydrogen) atoms. The van der Waals surface area contributed by atoms with E-state index in [0.29, 0.717) is 13.1 Å². The van der Waals surface area contributed by atoms with Gasteiger partial charge < -0.3 is 30.3 Å². The maximum absolute atomic E-state index is 12.3. The number of rotatable bonds is 10. The molecular weight excluding hydrogens is 518 g/mol. The molecule has 8 nitrogen and oxygen atoms in total. The number of nitrogens with one attached hydrogen (secondary N) is 2. The molecule has 0 spiro atoms. The number of urea groups is 1. The van der Waals surface area contributed by atoms with Crippen molar-refractivity contribution in [3.63, 3.8) is 0 Å². The van der Waals surface area contributed by atoms with Crippen LogP contribution >= 0.6 is 0 Å². The van der Waals surface area contributed by atoms with E-state index in [1.54, 1.807) is 0 Å². The van der Waals surface area contributed by atoms with Crippen LogP contribution in [0, 0.1) is 5.92 Å². The van der Waals surface area contributed by atoms with E-state index in [4.69, 9.17) is 9.47 Å². The Balaban J connectivity index is 1.25. The van der Waals surface area contributed by atoms with Crippen molar-refractivity contribution in [1.29, 1.82) is 0 Å². The second-order valence-corrected chi connectivity index (χ2v) is 11.1. The maximum atomic E-state index is 12.3. The lowest BCUT2D eigenvalue weighted by Gasteiger charge is -2.43. The Hall–Kier alpha value is -3.27. The Bertz CT molecular complexity index is 1240. The molecule has 0 aliphatic carbocycles. The molecule has 2 fully saturated rings. The second kappa shape index (κ2) is 14.1. The van der Waals surface area contributed by atoms with Crippen molar-refractivity contribution in [1.82, 2.24) is 15.5 Å². The van der Waals surface area contributed by atoms with E-state index in [1.807, 2.05) is 78.9 Å². The van der Waals surface area contributed by atoms with E-state index in [2.05, 4.69) is 22.5 Å². The van der Waals surface area contributed by atoms with Crippen LogP contribution in [0.25, 0.3) is 0 Å². The number of aliphatic hydroxyl groups is 2. The summed E-state index contributed by atoms with van der Waals surface area (Å²) >= 11 is 0. The smallest absolute Gasteiger partial charge is 0.315 e. The molecule has 3 aromatic carbocycles. The highest BCUT2D eigenvalue weighted by molar-refractivity contribution is 5.73. The van der Waals surface area contributed by atoms with E-state index in [1.165, 1.54) is 0 Å². The molecule has 218 valence electrons. The molecule has 5 rings (SSSR count). The van der Waals surface area contributed by atoms with Gasteiger partial charge in [0.25, 0.3) is 0 Å². The first-order valence-corrected chi connectivity index (χ1v) is 14.5. The first-order chi connectivity index (χ1) is 20.0. The van der Waals surface area contributed by atoms with Gasteiger partial charge in [0.05, 0.1) is 25.4 Å². The van der Waals surface area contributed by atoms with Crippen LogP contribution in [0.15, 0.2) is 78.9 Å². The zero-order valence-corrected chi connectivity index (χ0v) is 23.6. The van der Waals surface area contributed by atoms with E-state index >= 15 is 0 Å². The summed E-state index contributed by atoms with van der Waals surface area (Å²) in [6, 6.07) is 25.6. The van der Waals surface area contributed by atoms with Gasteiger partial charge in [-0.1, -0.05) is 85.8 Å². The SMILES string of the molecule is C[C@@H]1[C@H](CN2CCC[C@H]2CO)O[C@H](c2ccc(CNC(=O)NCc3ccccc3)cc2)O[C@@H]1c1ccc(CO)cc1. The molecular formula is C33H41N3O5. The van der Waals surface area contributed by atoms with E-state index in [9.17, 15) is 15.0 Å². The minimum Gasteiger partial charge on any atom is -0.395 e. The number of carbonyl (C=O) groups is 1. The number of likely N-dealkylation sites (tertiary alicyclic amines) is 1. The van der Waals surface area contributed by atoms with Crippen LogP contribution in [-0.4, -0.2) is 53.0 Å². The molecule has 0 unspecified atom stereocenters. The molecule has 4 N–H and O–H groups in total. The quantitative estimate of drug-likeness (QED) is 0.293. The maximum Gasteiger partial charge on any atom is 0.315 e. The van der Waals surface area contributed by atoms with Gasteiger partial charge in [0, 0.05) is 37.2 Å². The number of amides is 2. The lowest BCUT2D eigenvalue weighted by Crippen LogP contribution is -2.46. The predicted octanol–water partition coefficient (Wildman–Crippen LogP) is 4.43. The Morgan fingerprint density at radius 1 is 0.854 bits per heavy atom. The topological polar surface area (TPSA) is 103 Å². The standard InChI is InChI=1S/C33H41N3O5/c1-23-30(20-36-17-5-8-29(36)22-38)40-32(41-31(23)27-13-11-26(21-37)12-14-27)28-15-9-25(10-16-28)19-35-33(39)34-18-24-6-3-2-4-7-24/h2-4,6-7,9-16,23,29-32,37-38H,5,8,17-22H2,1H3,(H2,34,35,39)/t23-,29+,30+,31+,32+/m1/s1. The highest BCUT2D eigenvalue weighted by Crippen LogP contribution is 2.42. The van der Waals surface area contributed by atoms with Crippen molar-refractivity contribution in [2.24, 2.45) is 5.92 Å². The number of ether oxygens (including phenoxy) is 2. The fourth-order valence-electron chi connectivity index (χ4n) is 5.72. The monoisotopic (exact) mass is 559 g/mol. The van der Waals surface area contributed by atoms with Crippen LogP contribution in [0.4, 0.5) is 4.79 Å². The Morgan fingerprint density at radius 2 is 1.49 bits per heavy atom. The molecule has 0 saturated carbocycles. The van der Waals surface area contributed by atoms with Crippen LogP contribution in [-0.2, 0) is 29.2 Å². The fourth-order valence-corrected chi connectivity index (χ4v) is 5.72. The second-order valence-electron chi connectivity index (χ2n) is 11.1. The van der Waals surface area contributed by atoms with Gasteiger partial charge in [-0.3, -0.25) is 4.90 Å². The van der Waals surface area contributed by atoms with Gasteiger partial charge >= 0.3 is 6.03 Å². The summed E-state index contributed by atoms with van der Waals surface area (Å²) in [5.41, 5.74) is 4.85. The fraction of sp³-hybridized carbons (Fsp3) is 0.424. The van der Waals surface area contributed by atoms with E-state index in [-0.39, 0.29) is 43.4 Å². The number of nitrogens with zero attached hydrogens (tertiary/aromatic N) is 1. The molecule has 2 aliphatic rings. The van der Waals surface area contributed by atoms with Crippen LogP contribution in [0.5, 0.6) is 0 Å². The minimum absolute atomic E-state index is 0.00309. The average Bonchev–Trinajstić information content (AvgIpc) is 3.48. The minimum atomic E-state index is -0.551. The summed E-state index contributed by atoms with van der Waals surface area (Å²) < 4.78 is 13.2. The van der Waals surface area contributed by atoms with Gasteiger partial charge in [-0.05, 0) is 41.6 Å². The average molecular weight is 560 g/mol. The van der Waals surface area contributed by atoms with Gasteiger partial charge in [-0.2, -0.15) is 0 Å². The van der Waals surface area contributed by atoms with Gasteiger partial charge in [0.15, 0.2) is 6.29 Å². The van der Waals surface area contributed by atoms with Gasteiger partial charge in [0.2, 0.25) is 0 Å². The normalized spacial score (nSPS) is 24.7. The van der Waals surface area contributed by atoms with Crippen LogP contribution in [0.3, 0.4) is 0 Å². The Labute approximate surface area is 242 Å². The molecule has 0 aromatic heterocycles. The number of carbonyl (C=O) groups excluding carboxylic acids is 1. The largest absolute Gasteiger partial charge is 0.395 e. The number of aliphatic hydroxyl groups excluding tert-OH is 2. The highest BCUT2D eigenvalue weighted by atomic mass is 16.7. The Morgan fingerprint density at radius 3 is 2.15 bits per heavy atom. The lowest BCUT2D eigenvalue weighted by atomic mass is 9.90. The van der Waals surface area contributed by atoms with E-state index < -0.39 is 6.29 Å². The molecule has 2 heterocycles. The van der Waals surface area contributed by atoms with Gasteiger partial charge in [0.1, 0.15) is 0 Å². The van der Waals surface area contributed by atoms with E-state index in [0.717, 1.165) is 53.7 Å². The highest BCUT2D eigenvalue weighted by Gasteiger charge is 2.40. The number of benzene rings is 3. The first-order valence-electron chi connectivity index (χ1n) is 14.5. The summed E-state index contributed by atoms with van der Waals surface area (Å²) in [6.07, 6.45) is 1.26. The third-order valence-electron chi connectivity index (χ3n) is 8.25. The zero-order valence-electron chi connectivity index (χ0n) is 23.6. The summed E-state index contributed by atoms with van der Waals surface area (Å²) in [7, 11) is 0. The summed E-state index contributed by atoms with van der Waals surface area (Å²) in [4.78, 5) is 14.6. The van der Waals surface area contributed by atoms with Crippen LogP contribution in [0.1, 0.15) is 60.0 Å². The molecule has 0 radical (unpaired) electrons. The summed E-state index contributed by atoms with van der Waals surface area (Å²) in [5, 5.41) is 25.2. The number of hydrogen-bond donors (Lipinski definition) is 4. The van der Waals surface area contributed by atoms with Crippen LogP contribution < -0.4 is 10.6 Å². The molecule has 0 bridgehead atoms. The Kier molecular flexibility index (Phi) is 10.0. The summed E-state index contributed by atoms with van der Waals surface area (Å²) in [6.45, 7) is 4.90. The molecule has 2 saturated heterocycles. The van der Waals surface area contributed by atoms with Crippen molar-refractivity contribution in [3.05, 3.63) is 107 Å². The molecule has 2 amide bonds. The lowest BCUT2D eigenvalue weighted by molar-refractivity contribution is -0.276. The first kappa shape index (κ1) is 29.2. The molecule has 5 atom stereocenters. The zero-order chi connectivity index (χ0) is 28.6.